The van der Waals surface area contributed by atoms with Crippen molar-refractivity contribution in [3.63, 3.8) is 0 Å². The summed E-state index contributed by atoms with van der Waals surface area (Å²) in [5.41, 5.74) is 13.1. The second-order valence-electron chi connectivity index (χ2n) is 7.03. The van der Waals surface area contributed by atoms with E-state index in [2.05, 4.69) is 4.90 Å². The lowest BCUT2D eigenvalue weighted by Crippen LogP contribution is -2.25. The Kier molecular flexibility index (Phi) is 6.56. The first-order chi connectivity index (χ1) is 14.3. The van der Waals surface area contributed by atoms with Gasteiger partial charge in [-0.25, -0.2) is 0 Å². The van der Waals surface area contributed by atoms with Crippen LogP contribution in [0.15, 0.2) is 72.3 Å². The number of nitrogens with two attached hydrogens (primary N) is 2. The van der Waals surface area contributed by atoms with Crippen molar-refractivity contribution in [2.75, 3.05) is 18.0 Å². The van der Waals surface area contributed by atoms with Crippen LogP contribution >= 0.6 is 0 Å². The molecule has 5 N–H and O–H groups in total. The molecule has 30 heavy (non-hydrogen) atoms. The predicted molar refractivity (Wildman–Crippen MR) is 110 cm³/mol. The van der Waals surface area contributed by atoms with Gasteiger partial charge in [-0.3, -0.25) is 0 Å². The normalized spacial score (nSPS) is 18.0. The molecule has 2 aromatic rings. The largest absolute Gasteiger partial charge is 0.474 e. The number of benzene rings is 2. The highest BCUT2D eigenvalue weighted by molar-refractivity contribution is 5.69. The van der Waals surface area contributed by atoms with Gasteiger partial charge in [-0.2, -0.15) is 13.2 Å². The van der Waals surface area contributed by atoms with Gasteiger partial charge in [0.05, 0.1) is 13.2 Å². The summed E-state index contributed by atoms with van der Waals surface area (Å²) in [4.78, 5) is 2.07. The fraction of sp³-hybridized carbons (Fsp3) is 0.273. The zero-order valence-corrected chi connectivity index (χ0v) is 16.3. The highest BCUT2D eigenvalue weighted by atomic mass is 19.4. The zero-order valence-electron chi connectivity index (χ0n) is 16.3. The Morgan fingerprint density at radius 2 is 1.83 bits per heavy atom. The van der Waals surface area contributed by atoms with E-state index < -0.39 is 11.9 Å². The van der Waals surface area contributed by atoms with Gasteiger partial charge in [0, 0.05) is 24.2 Å². The molecule has 0 amide bonds. The molecule has 0 radical (unpaired) electrons. The van der Waals surface area contributed by atoms with Gasteiger partial charge in [0.25, 0.3) is 0 Å². The molecule has 5 nitrogen and oxygen atoms in total. The van der Waals surface area contributed by atoms with Crippen molar-refractivity contribution in [3.8, 4) is 11.1 Å². The van der Waals surface area contributed by atoms with E-state index in [9.17, 15) is 18.3 Å². The van der Waals surface area contributed by atoms with E-state index in [1.807, 2.05) is 48.5 Å². The minimum atomic E-state index is -4.60. The molecule has 1 aliphatic rings. The third-order valence-corrected chi connectivity index (χ3v) is 4.90. The molecule has 0 spiro atoms. The summed E-state index contributed by atoms with van der Waals surface area (Å²) in [6.45, 7) is 1.07. The Labute approximate surface area is 173 Å². The van der Waals surface area contributed by atoms with Crippen molar-refractivity contribution in [2.45, 2.75) is 25.3 Å². The lowest BCUT2D eigenvalue weighted by molar-refractivity contribution is -0.0926. The number of anilines is 1. The molecule has 1 atom stereocenters. The predicted octanol–water partition coefficient (Wildman–Crippen LogP) is 3.65. The van der Waals surface area contributed by atoms with Crippen LogP contribution < -0.4 is 16.4 Å². The monoisotopic (exact) mass is 419 g/mol. The summed E-state index contributed by atoms with van der Waals surface area (Å²) < 4.78 is 42.8. The van der Waals surface area contributed by atoms with Gasteiger partial charge in [-0.05, 0) is 35.4 Å². The molecule has 1 saturated heterocycles. The van der Waals surface area contributed by atoms with Crippen molar-refractivity contribution in [1.29, 1.82) is 0 Å². The molecule has 1 fully saturated rings. The van der Waals surface area contributed by atoms with Crippen LogP contribution in [0.2, 0.25) is 0 Å². The highest BCUT2D eigenvalue weighted by Gasteiger charge is 2.31. The summed E-state index contributed by atoms with van der Waals surface area (Å²) in [5, 5.41) is 9.85. The van der Waals surface area contributed by atoms with Gasteiger partial charge in [0.15, 0.2) is 5.88 Å². The van der Waals surface area contributed by atoms with Gasteiger partial charge < -0.3 is 26.2 Å². The number of aliphatic hydroxyl groups is 1. The van der Waals surface area contributed by atoms with Crippen LogP contribution in [-0.4, -0.2) is 30.5 Å². The second-order valence-corrected chi connectivity index (χ2v) is 7.03. The molecule has 0 unspecified atom stereocenters. The molecule has 0 saturated carbocycles. The van der Waals surface area contributed by atoms with E-state index in [0.29, 0.717) is 25.6 Å². The summed E-state index contributed by atoms with van der Waals surface area (Å²) in [6, 6.07) is 15.8. The molecular weight excluding hydrogens is 395 g/mol. The van der Waals surface area contributed by atoms with E-state index in [-0.39, 0.29) is 18.6 Å². The van der Waals surface area contributed by atoms with Gasteiger partial charge in [0.2, 0.25) is 0 Å². The van der Waals surface area contributed by atoms with Crippen LogP contribution in [0.1, 0.15) is 12.0 Å². The summed E-state index contributed by atoms with van der Waals surface area (Å²) in [7, 11) is 0. The van der Waals surface area contributed by atoms with Crippen LogP contribution in [0.4, 0.5) is 18.9 Å². The second kappa shape index (κ2) is 9.13. The lowest BCUT2D eigenvalue weighted by Gasteiger charge is -2.22. The van der Waals surface area contributed by atoms with Crippen LogP contribution in [0.3, 0.4) is 0 Å². The number of ether oxygens (including phenoxy) is 1. The smallest absolute Gasteiger partial charge is 0.430 e. The van der Waals surface area contributed by atoms with Crippen molar-refractivity contribution in [2.24, 2.45) is 11.5 Å². The van der Waals surface area contributed by atoms with E-state index >= 15 is 0 Å². The average molecular weight is 419 g/mol. The maximum Gasteiger partial charge on any atom is 0.430 e. The van der Waals surface area contributed by atoms with Crippen molar-refractivity contribution in [3.05, 3.63) is 77.8 Å². The Balaban J connectivity index is 1.68. The summed E-state index contributed by atoms with van der Waals surface area (Å²) in [6.07, 6.45) is -2.53. The van der Waals surface area contributed by atoms with Gasteiger partial charge in [-0.15, -0.1) is 0 Å². The third kappa shape index (κ3) is 5.27. The van der Waals surface area contributed by atoms with Crippen LogP contribution in [-0.2, 0) is 11.3 Å². The quantitative estimate of drug-likeness (QED) is 0.492. The fourth-order valence-corrected chi connectivity index (χ4v) is 3.37. The van der Waals surface area contributed by atoms with Gasteiger partial charge >= 0.3 is 6.18 Å². The minimum absolute atomic E-state index is 0.110. The molecule has 1 aliphatic heterocycles. The van der Waals surface area contributed by atoms with Crippen molar-refractivity contribution >= 4 is 5.69 Å². The fourth-order valence-electron chi connectivity index (χ4n) is 3.37. The first-order valence-electron chi connectivity index (χ1n) is 9.49. The topological polar surface area (TPSA) is 84.7 Å². The van der Waals surface area contributed by atoms with Crippen LogP contribution in [0.25, 0.3) is 11.1 Å². The number of alkyl halides is 3. The van der Waals surface area contributed by atoms with Crippen LogP contribution in [0.5, 0.6) is 0 Å². The van der Waals surface area contributed by atoms with Gasteiger partial charge in [0.1, 0.15) is 11.8 Å². The molecule has 8 heteroatoms. The molecule has 1 heterocycles. The van der Waals surface area contributed by atoms with Crippen molar-refractivity contribution < 1.29 is 23.0 Å². The molecule has 0 aromatic heterocycles. The number of hydrogen-bond acceptors (Lipinski definition) is 5. The highest BCUT2D eigenvalue weighted by Crippen LogP contribution is 2.30. The van der Waals surface area contributed by atoms with Gasteiger partial charge in [-0.1, -0.05) is 36.4 Å². The number of halogens is 3. The lowest BCUT2D eigenvalue weighted by atomic mass is 10.0. The Bertz CT molecular complexity index is 927. The standard InChI is InChI=1S/C22H24F3N3O2/c23-22(24,25)20(26)8-9-21(27)30-18-10-11-28(13-18)19-7-6-16(12-17(19)14-29)15-4-2-1-3-5-15/h1-9,12,18,29H,10-11,13-14,26-27H2/b20-8-,21-9+/t18-/m0/s1. The van der Waals surface area contributed by atoms with E-state index in [1.54, 1.807) is 0 Å². The number of allylic oxidation sites excluding steroid dienone is 3. The molecule has 0 bridgehead atoms. The van der Waals surface area contributed by atoms with Crippen LogP contribution in [0, 0.1) is 0 Å². The molecule has 160 valence electrons. The maximum absolute atomic E-state index is 12.4. The third-order valence-electron chi connectivity index (χ3n) is 4.90. The minimum Gasteiger partial charge on any atom is -0.474 e. The molecular formula is C22H24F3N3O2. The molecule has 3 rings (SSSR count). The summed E-state index contributed by atoms with van der Waals surface area (Å²) >= 11 is 0. The van der Waals surface area contributed by atoms with E-state index in [0.717, 1.165) is 28.5 Å². The van der Waals surface area contributed by atoms with E-state index in [1.165, 1.54) is 0 Å². The number of hydrogen-bond donors (Lipinski definition) is 3. The Hall–Kier alpha value is -3.13. The first-order valence-corrected chi connectivity index (χ1v) is 9.49. The summed E-state index contributed by atoms with van der Waals surface area (Å²) in [5.74, 6) is -0.129. The number of nitrogens with zero attached hydrogens (tertiary/aromatic N) is 1. The SMILES string of the molecule is N/C(=C\C=C(/N)O[C@H]1CCN(c2ccc(-c3ccccc3)cc2CO)C1)C(F)(F)F. The van der Waals surface area contributed by atoms with E-state index in [4.69, 9.17) is 16.2 Å². The first kappa shape index (κ1) is 21.6. The number of aliphatic hydroxyl groups excluding tert-OH is 1. The molecule has 0 aliphatic carbocycles. The maximum atomic E-state index is 12.4. The Morgan fingerprint density at radius 3 is 2.50 bits per heavy atom. The van der Waals surface area contributed by atoms with Crippen molar-refractivity contribution in [1.82, 2.24) is 0 Å². The zero-order chi connectivity index (χ0) is 21.7. The average Bonchev–Trinajstić information content (AvgIpc) is 3.19. The Morgan fingerprint density at radius 1 is 1.10 bits per heavy atom. The molecule has 2 aromatic carbocycles. The number of rotatable bonds is 6.